The van der Waals surface area contributed by atoms with E-state index >= 15 is 0 Å². The van der Waals surface area contributed by atoms with E-state index in [0.717, 1.165) is 29.0 Å². The highest BCUT2D eigenvalue weighted by atomic mass is 35.5. The van der Waals surface area contributed by atoms with Crippen molar-refractivity contribution in [2.24, 2.45) is 0 Å². The molecular formula is C13H10ClN. The van der Waals surface area contributed by atoms with Crippen LogP contribution >= 0.6 is 11.6 Å². The van der Waals surface area contributed by atoms with Gasteiger partial charge in [-0.25, -0.2) is 0 Å². The fraction of sp³-hybridized carbons (Fsp3) is 0.154. The predicted octanol–water partition coefficient (Wildman–Crippen LogP) is 3.86. The van der Waals surface area contributed by atoms with Crippen molar-refractivity contribution in [3.05, 3.63) is 52.6 Å². The van der Waals surface area contributed by atoms with Crippen LogP contribution in [-0.2, 0) is 0 Å². The Labute approximate surface area is 94.3 Å². The monoisotopic (exact) mass is 215 g/mol. The number of rotatable bonds is 1. The van der Waals surface area contributed by atoms with Crippen LogP contribution < -0.4 is 0 Å². The molecule has 0 unspecified atom stereocenters. The number of halogens is 1. The summed E-state index contributed by atoms with van der Waals surface area (Å²) in [5, 5.41) is 9.75. The smallest absolute Gasteiger partial charge is 0.0998 e. The zero-order valence-corrected chi connectivity index (χ0v) is 8.96. The molecule has 0 amide bonds. The third kappa shape index (κ3) is 1.95. The molecule has 0 heterocycles. The van der Waals surface area contributed by atoms with E-state index in [1.54, 1.807) is 0 Å². The third-order valence-electron chi connectivity index (χ3n) is 2.43. The average molecular weight is 216 g/mol. The summed E-state index contributed by atoms with van der Waals surface area (Å²) in [4.78, 5) is 0. The highest BCUT2D eigenvalue weighted by Crippen LogP contribution is 2.32. The maximum absolute atomic E-state index is 9.00. The molecule has 2 rings (SSSR count). The Hall–Kier alpha value is -1.52. The molecule has 2 heteroatoms. The number of nitrogens with zero attached hydrogens (tertiary/aromatic N) is 1. The fourth-order valence-electron chi connectivity index (χ4n) is 1.70. The first-order valence-corrected chi connectivity index (χ1v) is 5.26. The normalized spacial score (nSPS) is 15.2. The van der Waals surface area contributed by atoms with Crippen molar-refractivity contribution in [2.75, 3.05) is 0 Å². The second kappa shape index (κ2) is 4.33. The van der Waals surface area contributed by atoms with Crippen molar-refractivity contribution < 1.29 is 0 Å². The Morgan fingerprint density at radius 3 is 2.60 bits per heavy atom. The number of hydrogen-bond acceptors (Lipinski definition) is 1. The van der Waals surface area contributed by atoms with Crippen LogP contribution in [0.1, 0.15) is 24.0 Å². The number of allylic oxidation sites excluding steroid dienone is 4. The fourth-order valence-corrected chi connectivity index (χ4v) is 1.99. The summed E-state index contributed by atoms with van der Waals surface area (Å²) in [6, 6.07) is 9.73. The summed E-state index contributed by atoms with van der Waals surface area (Å²) < 4.78 is 0. The van der Waals surface area contributed by atoms with Crippen LogP contribution in [0.15, 0.2) is 41.4 Å². The van der Waals surface area contributed by atoms with Gasteiger partial charge in [0, 0.05) is 10.6 Å². The van der Waals surface area contributed by atoms with Crippen molar-refractivity contribution in [2.45, 2.75) is 12.8 Å². The molecule has 1 aromatic carbocycles. The molecule has 0 N–H and O–H groups in total. The van der Waals surface area contributed by atoms with Crippen molar-refractivity contribution in [1.29, 1.82) is 5.26 Å². The van der Waals surface area contributed by atoms with Crippen LogP contribution in [0.4, 0.5) is 0 Å². The van der Waals surface area contributed by atoms with E-state index in [4.69, 9.17) is 16.9 Å². The standard InChI is InChI=1S/C13H10ClN/c14-13-8-4-3-7-12(13)11-6-2-1-5-10(11)9-15/h1-2,5-8H,3-4H2. The molecule has 0 atom stereocenters. The van der Waals surface area contributed by atoms with Crippen molar-refractivity contribution in [3.63, 3.8) is 0 Å². The molecule has 1 aliphatic carbocycles. The topological polar surface area (TPSA) is 23.8 Å². The van der Waals surface area contributed by atoms with Crippen LogP contribution in [0.5, 0.6) is 0 Å². The molecule has 0 radical (unpaired) electrons. The summed E-state index contributed by atoms with van der Waals surface area (Å²) in [6.45, 7) is 0. The molecule has 0 fully saturated rings. The number of benzene rings is 1. The van der Waals surface area contributed by atoms with E-state index in [0.29, 0.717) is 5.56 Å². The van der Waals surface area contributed by atoms with Gasteiger partial charge >= 0.3 is 0 Å². The molecule has 0 aliphatic heterocycles. The maximum atomic E-state index is 9.00. The second-order valence-electron chi connectivity index (χ2n) is 3.40. The Morgan fingerprint density at radius 1 is 1.13 bits per heavy atom. The molecule has 0 saturated carbocycles. The lowest BCUT2D eigenvalue weighted by atomic mass is 9.96. The Morgan fingerprint density at radius 2 is 1.87 bits per heavy atom. The van der Waals surface area contributed by atoms with Gasteiger partial charge in [-0.15, -0.1) is 0 Å². The van der Waals surface area contributed by atoms with Crippen LogP contribution in [0, 0.1) is 11.3 Å². The molecule has 1 aliphatic rings. The Kier molecular flexibility index (Phi) is 2.89. The van der Waals surface area contributed by atoms with Gasteiger partial charge in [0.05, 0.1) is 11.6 Å². The maximum Gasteiger partial charge on any atom is 0.0998 e. The van der Waals surface area contributed by atoms with Gasteiger partial charge in [-0.05, 0) is 24.5 Å². The van der Waals surface area contributed by atoms with E-state index in [1.165, 1.54) is 0 Å². The molecule has 0 aromatic heterocycles. The Balaban J connectivity index is 2.51. The van der Waals surface area contributed by atoms with Crippen molar-refractivity contribution in [1.82, 2.24) is 0 Å². The third-order valence-corrected chi connectivity index (χ3v) is 2.79. The summed E-state index contributed by atoms with van der Waals surface area (Å²) in [6.07, 6.45) is 6.08. The molecule has 0 bridgehead atoms. The molecule has 1 aromatic rings. The van der Waals surface area contributed by atoms with Gasteiger partial charge < -0.3 is 0 Å². The van der Waals surface area contributed by atoms with E-state index in [9.17, 15) is 0 Å². The molecule has 15 heavy (non-hydrogen) atoms. The summed E-state index contributed by atoms with van der Waals surface area (Å²) >= 11 is 6.13. The zero-order chi connectivity index (χ0) is 10.7. The van der Waals surface area contributed by atoms with Gasteiger partial charge in [0.25, 0.3) is 0 Å². The van der Waals surface area contributed by atoms with Gasteiger partial charge in [-0.2, -0.15) is 5.26 Å². The molecule has 1 nitrogen and oxygen atoms in total. The van der Waals surface area contributed by atoms with E-state index in [1.807, 2.05) is 30.3 Å². The summed E-state index contributed by atoms with van der Waals surface area (Å²) in [7, 11) is 0. The first kappa shape index (κ1) is 10.0. The van der Waals surface area contributed by atoms with Crippen molar-refractivity contribution >= 4 is 17.2 Å². The predicted molar refractivity (Wildman–Crippen MR) is 62.3 cm³/mol. The minimum atomic E-state index is 0.678. The summed E-state index contributed by atoms with van der Waals surface area (Å²) in [5.74, 6) is 0. The van der Waals surface area contributed by atoms with Gasteiger partial charge in [0.1, 0.15) is 0 Å². The minimum absolute atomic E-state index is 0.678. The SMILES string of the molecule is N#Cc1ccccc1C1=CCCC=C1Cl. The van der Waals surface area contributed by atoms with E-state index in [2.05, 4.69) is 12.1 Å². The van der Waals surface area contributed by atoms with Gasteiger partial charge in [0.15, 0.2) is 0 Å². The minimum Gasteiger partial charge on any atom is -0.192 e. The summed E-state index contributed by atoms with van der Waals surface area (Å²) in [5.41, 5.74) is 2.60. The first-order chi connectivity index (χ1) is 7.33. The quantitative estimate of drug-likeness (QED) is 0.698. The molecule has 74 valence electrons. The van der Waals surface area contributed by atoms with Crippen molar-refractivity contribution in [3.8, 4) is 6.07 Å². The largest absolute Gasteiger partial charge is 0.192 e. The number of hydrogen-bond donors (Lipinski definition) is 0. The van der Waals surface area contributed by atoms with Gasteiger partial charge in [-0.1, -0.05) is 42.0 Å². The highest BCUT2D eigenvalue weighted by Gasteiger charge is 2.11. The number of nitriles is 1. The average Bonchev–Trinajstić information content (AvgIpc) is 2.30. The van der Waals surface area contributed by atoms with Crippen LogP contribution in [-0.4, -0.2) is 0 Å². The lowest BCUT2D eigenvalue weighted by molar-refractivity contribution is 1.04. The lowest BCUT2D eigenvalue weighted by Gasteiger charge is -2.12. The van der Waals surface area contributed by atoms with Gasteiger partial charge in [-0.3, -0.25) is 0 Å². The molecule has 0 saturated heterocycles. The molecule has 0 spiro atoms. The molecular weight excluding hydrogens is 206 g/mol. The highest BCUT2D eigenvalue weighted by molar-refractivity contribution is 6.37. The van der Waals surface area contributed by atoms with Gasteiger partial charge in [0.2, 0.25) is 0 Å². The van der Waals surface area contributed by atoms with E-state index < -0.39 is 0 Å². The van der Waals surface area contributed by atoms with E-state index in [-0.39, 0.29) is 0 Å². The zero-order valence-electron chi connectivity index (χ0n) is 8.20. The first-order valence-electron chi connectivity index (χ1n) is 4.88. The second-order valence-corrected chi connectivity index (χ2v) is 3.81. The van der Waals surface area contributed by atoms with Crippen LogP contribution in [0.25, 0.3) is 5.57 Å². The van der Waals surface area contributed by atoms with Crippen LogP contribution in [0.3, 0.4) is 0 Å². The Bertz CT molecular complexity index is 478. The lowest BCUT2D eigenvalue weighted by Crippen LogP contribution is -1.93. The van der Waals surface area contributed by atoms with Crippen LogP contribution in [0.2, 0.25) is 0 Å².